The minimum atomic E-state index is 0.0997. The van der Waals surface area contributed by atoms with E-state index in [4.69, 9.17) is 19.7 Å². The Morgan fingerprint density at radius 3 is 2.34 bits per heavy atom. The first-order chi connectivity index (χ1) is 18.1. The van der Waals surface area contributed by atoms with Crippen LogP contribution < -0.4 is 9.64 Å². The van der Waals surface area contributed by atoms with Gasteiger partial charge in [0.25, 0.3) is 0 Å². The van der Waals surface area contributed by atoms with E-state index in [0.717, 1.165) is 60.9 Å². The Bertz CT molecular complexity index is 1410. The van der Waals surface area contributed by atoms with Crippen molar-refractivity contribution in [3.05, 3.63) is 76.7 Å². The molecule has 0 spiro atoms. The van der Waals surface area contributed by atoms with Gasteiger partial charge in [-0.1, -0.05) is 51.1 Å². The molecule has 1 aliphatic rings. The molecule has 0 aliphatic carbocycles. The van der Waals surface area contributed by atoms with Crippen molar-refractivity contribution < 1.29 is 4.74 Å². The van der Waals surface area contributed by atoms with Crippen LogP contribution >= 0.6 is 0 Å². The highest BCUT2D eigenvalue weighted by Gasteiger charge is 2.25. The van der Waals surface area contributed by atoms with Gasteiger partial charge in [0.2, 0.25) is 5.95 Å². The standard InChI is InChI=1S/C32H41N5O/c1-21(2)37-20-33-30-29(37)28(19-25-18-26(32(4,5)6)11-8-22(25)3)34-31(35-30)36-16-14-24(15-17-36)23-9-12-27(38-7)13-10-23/h8-13,18,20-21,24H,14-17,19H2,1-7H3. The van der Waals surface area contributed by atoms with Crippen LogP contribution in [0.1, 0.15) is 87.4 Å². The molecule has 0 bridgehead atoms. The molecule has 0 N–H and O–H groups in total. The Morgan fingerprint density at radius 1 is 1.00 bits per heavy atom. The molecule has 3 heterocycles. The first-order valence-corrected chi connectivity index (χ1v) is 13.9. The van der Waals surface area contributed by atoms with E-state index in [1.54, 1.807) is 7.11 Å². The maximum atomic E-state index is 5.33. The van der Waals surface area contributed by atoms with Gasteiger partial charge in [0.05, 0.1) is 19.1 Å². The number of aromatic nitrogens is 4. The summed E-state index contributed by atoms with van der Waals surface area (Å²) >= 11 is 0. The van der Waals surface area contributed by atoms with Crippen LogP contribution in [0.5, 0.6) is 5.75 Å². The number of piperidine rings is 1. The van der Waals surface area contributed by atoms with Crippen LogP contribution in [0.3, 0.4) is 0 Å². The second-order valence-electron chi connectivity index (χ2n) is 12.0. The molecule has 0 saturated carbocycles. The van der Waals surface area contributed by atoms with Crippen molar-refractivity contribution in [2.24, 2.45) is 0 Å². The van der Waals surface area contributed by atoms with Gasteiger partial charge in [-0.25, -0.2) is 9.97 Å². The minimum Gasteiger partial charge on any atom is -0.497 e. The number of imidazole rings is 1. The fourth-order valence-electron chi connectivity index (χ4n) is 5.46. The summed E-state index contributed by atoms with van der Waals surface area (Å²) < 4.78 is 7.55. The molecule has 0 amide bonds. The second-order valence-corrected chi connectivity index (χ2v) is 12.0. The van der Waals surface area contributed by atoms with Gasteiger partial charge in [0.15, 0.2) is 5.65 Å². The fourth-order valence-corrected chi connectivity index (χ4v) is 5.46. The molecular weight excluding hydrogens is 470 g/mol. The van der Waals surface area contributed by atoms with Crippen molar-refractivity contribution in [2.75, 3.05) is 25.1 Å². The van der Waals surface area contributed by atoms with Crippen molar-refractivity contribution in [3.8, 4) is 5.75 Å². The average Bonchev–Trinajstić information content (AvgIpc) is 3.34. The summed E-state index contributed by atoms with van der Waals surface area (Å²) in [6.07, 6.45) is 4.85. The van der Waals surface area contributed by atoms with E-state index in [1.807, 2.05) is 6.33 Å². The van der Waals surface area contributed by atoms with E-state index < -0.39 is 0 Å². The summed E-state index contributed by atoms with van der Waals surface area (Å²) in [7, 11) is 1.71. The van der Waals surface area contributed by atoms with Crippen LogP contribution in [0.2, 0.25) is 0 Å². The number of benzene rings is 2. The van der Waals surface area contributed by atoms with Crippen molar-refractivity contribution in [1.82, 2.24) is 19.5 Å². The highest BCUT2D eigenvalue weighted by molar-refractivity contribution is 5.76. The third kappa shape index (κ3) is 5.27. The van der Waals surface area contributed by atoms with E-state index in [-0.39, 0.29) is 11.5 Å². The topological polar surface area (TPSA) is 56.1 Å². The Balaban J connectivity index is 1.46. The summed E-state index contributed by atoms with van der Waals surface area (Å²) in [5.74, 6) is 2.26. The number of aryl methyl sites for hydroxylation is 1. The number of fused-ring (bicyclic) bond motifs is 1. The molecule has 200 valence electrons. The number of rotatable bonds is 6. The molecule has 6 nitrogen and oxygen atoms in total. The Morgan fingerprint density at radius 2 is 1.71 bits per heavy atom. The molecule has 4 aromatic rings. The largest absolute Gasteiger partial charge is 0.497 e. The van der Waals surface area contributed by atoms with Crippen molar-refractivity contribution in [2.45, 2.75) is 78.2 Å². The van der Waals surface area contributed by atoms with Crippen LogP contribution in [-0.2, 0) is 11.8 Å². The minimum absolute atomic E-state index is 0.0997. The monoisotopic (exact) mass is 511 g/mol. The fraction of sp³-hybridized carbons (Fsp3) is 0.469. The molecule has 6 heteroatoms. The quantitative estimate of drug-likeness (QED) is 0.279. The molecule has 2 aromatic carbocycles. The van der Waals surface area contributed by atoms with Gasteiger partial charge < -0.3 is 14.2 Å². The number of hydrogen-bond acceptors (Lipinski definition) is 5. The summed E-state index contributed by atoms with van der Waals surface area (Å²) in [6, 6.07) is 15.7. The third-order valence-corrected chi connectivity index (χ3v) is 7.98. The SMILES string of the molecule is COc1ccc(C2CCN(c3nc(Cc4cc(C(C)(C)C)ccc4C)c4c(ncn4C(C)C)n3)CC2)cc1. The van der Waals surface area contributed by atoms with Crippen LogP contribution in [0.15, 0.2) is 48.8 Å². The summed E-state index contributed by atoms with van der Waals surface area (Å²) in [6.45, 7) is 15.3. The van der Waals surface area contributed by atoms with Crippen LogP contribution in [0, 0.1) is 6.92 Å². The molecular formula is C32H41N5O. The predicted octanol–water partition coefficient (Wildman–Crippen LogP) is 7.00. The zero-order chi connectivity index (χ0) is 27.0. The highest BCUT2D eigenvalue weighted by Crippen LogP contribution is 2.32. The second kappa shape index (κ2) is 10.4. The van der Waals surface area contributed by atoms with Gasteiger partial charge >= 0.3 is 0 Å². The molecule has 5 rings (SSSR count). The normalized spacial score (nSPS) is 15.0. The van der Waals surface area contributed by atoms with Crippen molar-refractivity contribution in [3.63, 3.8) is 0 Å². The van der Waals surface area contributed by atoms with Gasteiger partial charge in [-0.15, -0.1) is 0 Å². The maximum Gasteiger partial charge on any atom is 0.227 e. The molecule has 0 radical (unpaired) electrons. The molecule has 1 fully saturated rings. The maximum absolute atomic E-state index is 5.33. The molecule has 1 aliphatic heterocycles. The summed E-state index contributed by atoms with van der Waals surface area (Å²) in [5.41, 5.74) is 8.35. The van der Waals surface area contributed by atoms with Crippen LogP contribution in [-0.4, -0.2) is 39.7 Å². The van der Waals surface area contributed by atoms with E-state index in [9.17, 15) is 0 Å². The Hall–Kier alpha value is -3.41. The van der Waals surface area contributed by atoms with Crippen molar-refractivity contribution >= 4 is 17.1 Å². The van der Waals surface area contributed by atoms with Gasteiger partial charge in [0, 0.05) is 25.6 Å². The van der Waals surface area contributed by atoms with Gasteiger partial charge in [-0.3, -0.25) is 0 Å². The molecule has 2 aromatic heterocycles. The lowest BCUT2D eigenvalue weighted by Crippen LogP contribution is -2.34. The number of methoxy groups -OCH3 is 1. The number of ether oxygens (including phenoxy) is 1. The lowest BCUT2D eigenvalue weighted by atomic mass is 9.84. The van der Waals surface area contributed by atoms with Gasteiger partial charge in [-0.2, -0.15) is 4.98 Å². The summed E-state index contributed by atoms with van der Waals surface area (Å²) in [5, 5.41) is 0. The van der Waals surface area contributed by atoms with Gasteiger partial charge in [-0.05, 0) is 79.3 Å². The zero-order valence-electron chi connectivity index (χ0n) is 24.0. The van der Waals surface area contributed by atoms with E-state index in [0.29, 0.717) is 5.92 Å². The van der Waals surface area contributed by atoms with Gasteiger partial charge in [0.1, 0.15) is 11.3 Å². The smallest absolute Gasteiger partial charge is 0.227 e. The zero-order valence-corrected chi connectivity index (χ0v) is 24.0. The first kappa shape index (κ1) is 26.2. The molecule has 0 unspecified atom stereocenters. The third-order valence-electron chi connectivity index (χ3n) is 7.98. The lowest BCUT2D eigenvalue weighted by Gasteiger charge is -2.32. The number of hydrogen-bond donors (Lipinski definition) is 0. The Kier molecular flexibility index (Phi) is 7.17. The lowest BCUT2D eigenvalue weighted by molar-refractivity contribution is 0.414. The van der Waals surface area contributed by atoms with Crippen LogP contribution in [0.4, 0.5) is 5.95 Å². The average molecular weight is 512 g/mol. The molecule has 38 heavy (non-hydrogen) atoms. The predicted molar refractivity (Wildman–Crippen MR) is 156 cm³/mol. The number of nitrogens with zero attached hydrogens (tertiary/aromatic N) is 5. The van der Waals surface area contributed by atoms with E-state index in [2.05, 4.69) is 93.5 Å². The highest BCUT2D eigenvalue weighted by atomic mass is 16.5. The Labute approximate surface area is 227 Å². The van der Waals surface area contributed by atoms with Crippen molar-refractivity contribution in [1.29, 1.82) is 0 Å². The molecule has 1 saturated heterocycles. The van der Waals surface area contributed by atoms with E-state index in [1.165, 1.54) is 22.3 Å². The summed E-state index contributed by atoms with van der Waals surface area (Å²) in [4.78, 5) is 17.3. The first-order valence-electron chi connectivity index (χ1n) is 13.9. The van der Waals surface area contributed by atoms with E-state index >= 15 is 0 Å². The van der Waals surface area contributed by atoms with Crippen LogP contribution in [0.25, 0.3) is 11.2 Å². The molecule has 0 atom stereocenters. The number of anilines is 1.